The molecule has 0 fully saturated rings. The predicted octanol–water partition coefficient (Wildman–Crippen LogP) is 1.48. The van der Waals surface area contributed by atoms with Gasteiger partial charge in [-0.05, 0) is 23.6 Å². The highest BCUT2D eigenvalue weighted by Crippen LogP contribution is 2.21. The summed E-state index contributed by atoms with van der Waals surface area (Å²) in [5.41, 5.74) is 9.36. The first-order chi connectivity index (χ1) is 7.83. The summed E-state index contributed by atoms with van der Waals surface area (Å²) in [7, 11) is 0. The van der Waals surface area contributed by atoms with Crippen LogP contribution in [-0.2, 0) is 6.42 Å². The molecular formula is C12H14N4. The van der Waals surface area contributed by atoms with Crippen molar-refractivity contribution in [1.82, 2.24) is 15.0 Å². The average molecular weight is 214 g/mol. The maximum atomic E-state index is 6.18. The van der Waals surface area contributed by atoms with E-state index in [4.69, 9.17) is 5.73 Å². The van der Waals surface area contributed by atoms with Gasteiger partial charge >= 0.3 is 0 Å². The summed E-state index contributed by atoms with van der Waals surface area (Å²) in [5.74, 6) is 0. The van der Waals surface area contributed by atoms with Gasteiger partial charge in [-0.15, -0.1) is 0 Å². The van der Waals surface area contributed by atoms with Gasteiger partial charge in [0.1, 0.15) is 6.33 Å². The molecular weight excluding hydrogens is 200 g/mol. The zero-order chi connectivity index (χ0) is 11.4. The first-order valence-corrected chi connectivity index (χ1v) is 5.26. The van der Waals surface area contributed by atoms with Gasteiger partial charge in [0, 0.05) is 30.4 Å². The second-order valence-corrected chi connectivity index (χ2v) is 3.58. The first kappa shape index (κ1) is 10.7. The Kier molecular flexibility index (Phi) is 3.22. The van der Waals surface area contributed by atoms with Crippen LogP contribution in [0.5, 0.6) is 0 Å². The van der Waals surface area contributed by atoms with Crippen molar-refractivity contribution in [3.8, 4) is 0 Å². The topological polar surface area (TPSA) is 64.7 Å². The number of hydrogen-bond acceptors (Lipinski definition) is 4. The van der Waals surface area contributed by atoms with E-state index in [1.807, 2.05) is 12.3 Å². The van der Waals surface area contributed by atoms with Gasteiger partial charge < -0.3 is 5.73 Å². The number of rotatable bonds is 3. The Bertz CT molecular complexity index is 456. The van der Waals surface area contributed by atoms with Gasteiger partial charge in [0.2, 0.25) is 0 Å². The maximum absolute atomic E-state index is 6.18. The van der Waals surface area contributed by atoms with Crippen molar-refractivity contribution in [2.75, 3.05) is 0 Å². The molecule has 1 atom stereocenters. The second-order valence-electron chi connectivity index (χ2n) is 3.58. The van der Waals surface area contributed by atoms with Crippen molar-refractivity contribution in [2.45, 2.75) is 19.4 Å². The van der Waals surface area contributed by atoms with Crippen LogP contribution < -0.4 is 5.73 Å². The molecule has 2 aromatic rings. The molecule has 0 amide bonds. The number of hydrogen-bond donors (Lipinski definition) is 1. The van der Waals surface area contributed by atoms with Gasteiger partial charge in [0.05, 0.1) is 6.04 Å². The summed E-state index contributed by atoms with van der Waals surface area (Å²) < 4.78 is 0. The van der Waals surface area contributed by atoms with Gasteiger partial charge in [-0.1, -0.05) is 6.92 Å². The van der Waals surface area contributed by atoms with Crippen molar-refractivity contribution >= 4 is 0 Å². The second kappa shape index (κ2) is 4.81. The van der Waals surface area contributed by atoms with E-state index in [1.54, 1.807) is 18.6 Å². The van der Waals surface area contributed by atoms with Crippen LogP contribution in [0, 0.1) is 0 Å². The molecule has 16 heavy (non-hydrogen) atoms. The molecule has 4 heteroatoms. The molecule has 82 valence electrons. The van der Waals surface area contributed by atoms with E-state index in [9.17, 15) is 0 Å². The lowest BCUT2D eigenvalue weighted by Crippen LogP contribution is -2.14. The molecule has 0 bridgehead atoms. The maximum Gasteiger partial charge on any atom is 0.115 e. The SMILES string of the molecule is CCc1cnccc1C(N)c1cncnc1. The molecule has 2 aromatic heterocycles. The highest BCUT2D eigenvalue weighted by Gasteiger charge is 2.12. The monoisotopic (exact) mass is 214 g/mol. The van der Waals surface area contributed by atoms with Crippen LogP contribution in [0.25, 0.3) is 0 Å². The van der Waals surface area contributed by atoms with Crippen LogP contribution in [-0.4, -0.2) is 15.0 Å². The Morgan fingerprint density at radius 3 is 2.62 bits per heavy atom. The quantitative estimate of drug-likeness (QED) is 0.840. The smallest absolute Gasteiger partial charge is 0.115 e. The molecule has 2 rings (SSSR count). The lowest BCUT2D eigenvalue weighted by molar-refractivity contribution is 0.827. The Labute approximate surface area is 94.6 Å². The fourth-order valence-corrected chi connectivity index (χ4v) is 1.69. The summed E-state index contributed by atoms with van der Waals surface area (Å²) in [5, 5.41) is 0. The number of nitrogens with two attached hydrogens (primary N) is 1. The molecule has 0 aliphatic heterocycles. The van der Waals surface area contributed by atoms with Gasteiger partial charge in [-0.2, -0.15) is 0 Å². The molecule has 0 spiro atoms. The van der Waals surface area contributed by atoms with Gasteiger partial charge in [-0.25, -0.2) is 9.97 Å². The molecule has 0 aromatic carbocycles. The van der Waals surface area contributed by atoms with Crippen molar-refractivity contribution in [1.29, 1.82) is 0 Å². The van der Waals surface area contributed by atoms with Crippen LogP contribution in [0.15, 0.2) is 37.2 Å². The van der Waals surface area contributed by atoms with Crippen LogP contribution in [0.2, 0.25) is 0 Å². The molecule has 1 unspecified atom stereocenters. The van der Waals surface area contributed by atoms with Crippen LogP contribution >= 0.6 is 0 Å². The normalized spacial score (nSPS) is 12.4. The van der Waals surface area contributed by atoms with E-state index in [1.165, 1.54) is 11.9 Å². The molecule has 4 nitrogen and oxygen atoms in total. The predicted molar refractivity (Wildman–Crippen MR) is 61.7 cm³/mol. The standard InChI is InChI=1S/C12H14N4/c1-2-9-5-14-4-3-11(9)12(13)10-6-15-8-16-7-10/h3-8,12H,2,13H2,1H3. The molecule has 0 aliphatic carbocycles. The van der Waals surface area contributed by atoms with Gasteiger partial charge in [-0.3, -0.25) is 4.98 Å². The first-order valence-electron chi connectivity index (χ1n) is 5.26. The molecule has 0 saturated heterocycles. The number of aromatic nitrogens is 3. The van der Waals surface area contributed by atoms with Crippen molar-refractivity contribution in [3.63, 3.8) is 0 Å². The minimum Gasteiger partial charge on any atom is -0.320 e. The lowest BCUT2D eigenvalue weighted by Gasteiger charge is -2.14. The highest BCUT2D eigenvalue weighted by atomic mass is 14.8. The Morgan fingerprint density at radius 2 is 1.94 bits per heavy atom. The molecule has 2 heterocycles. The zero-order valence-corrected chi connectivity index (χ0v) is 9.17. The van der Waals surface area contributed by atoms with E-state index in [-0.39, 0.29) is 6.04 Å². The zero-order valence-electron chi connectivity index (χ0n) is 9.17. The van der Waals surface area contributed by atoms with E-state index in [2.05, 4.69) is 21.9 Å². The third kappa shape index (κ3) is 2.06. The molecule has 0 radical (unpaired) electrons. The summed E-state index contributed by atoms with van der Waals surface area (Å²) in [6.07, 6.45) is 9.54. The van der Waals surface area contributed by atoms with Crippen molar-refractivity contribution < 1.29 is 0 Å². The summed E-state index contributed by atoms with van der Waals surface area (Å²) in [6, 6.07) is 1.77. The summed E-state index contributed by atoms with van der Waals surface area (Å²) >= 11 is 0. The minimum atomic E-state index is -0.181. The summed E-state index contributed by atoms with van der Waals surface area (Å²) in [4.78, 5) is 12.1. The van der Waals surface area contributed by atoms with E-state index >= 15 is 0 Å². The Hall–Kier alpha value is -1.81. The minimum absolute atomic E-state index is 0.181. The van der Waals surface area contributed by atoms with Crippen LogP contribution in [0.4, 0.5) is 0 Å². The third-order valence-electron chi connectivity index (χ3n) is 2.60. The summed E-state index contributed by atoms with van der Waals surface area (Å²) in [6.45, 7) is 2.09. The van der Waals surface area contributed by atoms with Gasteiger partial charge in [0.25, 0.3) is 0 Å². The Balaban J connectivity index is 2.37. The van der Waals surface area contributed by atoms with E-state index in [0.717, 1.165) is 17.5 Å². The lowest BCUT2D eigenvalue weighted by atomic mass is 9.97. The fourth-order valence-electron chi connectivity index (χ4n) is 1.69. The molecule has 0 aliphatic rings. The molecule has 0 saturated carbocycles. The molecule has 2 N–H and O–H groups in total. The number of aryl methyl sites for hydroxylation is 1. The van der Waals surface area contributed by atoms with Crippen LogP contribution in [0.1, 0.15) is 29.7 Å². The number of nitrogens with zero attached hydrogens (tertiary/aromatic N) is 3. The largest absolute Gasteiger partial charge is 0.320 e. The van der Waals surface area contributed by atoms with Gasteiger partial charge in [0.15, 0.2) is 0 Å². The van der Waals surface area contributed by atoms with E-state index < -0.39 is 0 Å². The number of pyridine rings is 1. The third-order valence-corrected chi connectivity index (χ3v) is 2.60. The van der Waals surface area contributed by atoms with E-state index in [0.29, 0.717) is 0 Å². The Morgan fingerprint density at radius 1 is 1.19 bits per heavy atom. The highest BCUT2D eigenvalue weighted by molar-refractivity contribution is 5.33. The van der Waals surface area contributed by atoms with Crippen molar-refractivity contribution in [3.05, 3.63) is 53.9 Å². The average Bonchev–Trinajstić information content (AvgIpc) is 2.39. The van der Waals surface area contributed by atoms with Crippen molar-refractivity contribution in [2.24, 2.45) is 5.73 Å². The van der Waals surface area contributed by atoms with Crippen LogP contribution in [0.3, 0.4) is 0 Å². The fraction of sp³-hybridized carbons (Fsp3) is 0.250.